The fourth-order valence-corrected chi connectivity index (χ4v) is 3.10. The second-order valence-corrected chi connectivity index (χ2v) is 7.16. The summed E-state index contributed by atoms with van der Waals surface area (Å²) in [6.07, 6.45) is 5.68. The number of likely N-dealkylation sites (tertiary alicyclic amines) is 1. The minimum absolute atomic E-state index is 0.0310. The van der Waals surface area contributed by atoms with Gasteiger partial charge in [0.25, 0.3) is 11.7 Å². The Bertz CT molecular complexity index is 737. The standard InChI is InChI=1S/C20H24N2O5/c1-20(2)26-18(24)16(19(25)27-20)13-21-15-9-7-14(8-10-15)17(23)22-11-5-3-4-6-12-22/h7-10,13,21H,3-6,11-12H2,1-2H3. The van der Waals surface area contributed by atoms with Gasteiger partial charge in [-0.05, 0) is 37.1 Å². The predicted molar refractivity (Wildman–Crippen MR) is 98.8 cm³/mol. The molecule has 7 nitrogen and oxygen atoms in total. The van der Waals surface area contributed by atoms with Crippen molar-refractivity contribution in [2.75, 3.05) is 18.4 Å². The molecule has 0 unspecified atom stereocenters. The maximum Gasteiger partial charge on any atom is 0.350 e. The summed E-state index contributed by atoms with van der Waals surface area (Å²) in [5.74, 6) is -2.71. The molecule has 0 spiro atoms. The first-order valence-corrected chi connectivity index (χ1v) is 9.18. The van der Waals surface area contributed by atoms with Crippen molar-refractivity contribution in [1.82, 2.24) is 4.90 Å². The molecular weight excluding hydrogens is 348 g/mol. The Hall–Kier alpha value is -2.83. The highest BCUT2D eigenvalue weighted by atomic mass is 16.7. The fraction of sp³-hybridized carbons (Fsp3) is 0.450. The Morgan fingerprint density at radius 2 is 1.56 bits per heavy atom. The molecule has 0 aliphatic carbocycles. The summed E-state index contributed by atoms with van der Waals surface area (Å²) in [6, 6.07) is 6.92. The van der Waals surface area contributed by atoms with Gasteiger partial charge in [-0.25, -0.2) is 9.59 Å². The van der Waals surface area contributed by atoms with E-state index in [1.165, 1.54) is 32.9 Å². The van der Waals surface area contributed by atoms with Crippen LogP contribution in [0.1, 0.15) is 49.9 Å². The van der Waals surface area contributed by atoms with Gasteiger partial charge >= 0.3 is 11.9 Å². The number of esters is 2. The van der Waals surface area contributed by atoms with Gasteiger partial charge in [0.15, 0.2) is 5.57 Å². The number of anilines is 1. The van der Waals surface area contributed by atoms with Gasteiger partial charge in [-0.2, -0.15) is 0 Å². The van der Waals surface area contributed by atoms with Crippen molar-refractivity contribution < 1.29 is 23.9 Å². The van der Waals surface area contributed by atoms with Gasteiger partial charge < -0.3 is 19.7 Å². The molecule has 0 atom stereocenters. The van der Waals surface area contributed by atoms with E-state index in [2.05, 4.69) is 5.32 Å². The van der Waals surface area contributed by atoms with Crippen LogP contribution in [0.4, 0.5) is 5.69 Å². The van der Waals surface area contributed by atoms with Gasteiger partial charge in [0.1, 0.15) is 0 Å². The van der Waals surface area contributed by atoms with Gasteiger partial charge in [0.2, 0.25) is 0 Å². The normalized spacial score (nSPS) is 19.6. The number of ether oxygens (including phenoxy) is 2. The van der Waals surface area contributed by atoms with Crippen molar-refractivity contribution >= 4 is 23.5 Å². The number of cyclic esters (lactones) is 2. The molecule has 144 valence electrons. The molecule has 3 rings (SSSR count). The number of carbonyl (C=O) groups excluding carboxylic acids is 3. The van der Waals surface area contributed by atoms with Gasteiger partial charge in [0, 0.05) is 44.4 Å². The largest absolute Gasteiger partial charge is 0.419 e. The number of amides is 1. The zero-order valence-corrected chi connectivity index (χ0v) is 15.6. The molecule has 1 N–H and O–H groups in total. The van der Waals surface area contributed by atoms with Crippen LogP contribution in [-0.2, 0) is 19.1 Å². The molecule has 2 fully saturated rings. The summed E-state index contributed by atoms with van der Waals surface area (Å²) in [5, 5.41) is 2.87. The van der Waals surface area contributed by atoms with Gasteiger partial charge in [-0.3, -0.25) is 4.79 Å². The van der Waals surface area contributed by atoms with E-state index in [1.807, 2.05) is 4.90 Å². The molecule has 0 bridgehead atoms. The molecule has 2 aliphatic heterocycles. The van der Waals surface area contributed by atoms with Crippen molar-refractivity contribution in [3.8, 4) is 0 Å². The zero-order valence-electron chi connectivity index (χ0n) is 15.6. The SMILES string of the molecule is CC1(C)OC(=O)C(=CNc2ccc(C(=O)N3CCCCCC3)cc2)C(=O)O1. The summed E-state index contributed by atoms with van der Waals surface area (Å²) in [4.78, 5) is 38.3. The lowest BCUT2D eigenvalue weighted by atomic mass is 10.1. The number of carbonyl (C=O) groups is 3. The first-order valence-electron chi connectivity index (χ1n) is 9.18. The average molecular weight is 372 g/mol. The third kappa shape index (κ3) is 4.67. The summed E-state index contributed by atoms with van der Waals surface area (Å²) >= 11 is 0. The van der Waals surface area contributed by atoms with Crippen LogP contribution in [0, 0.1) is 0 Å². The van der Waals surface area contributed by atoms with Gasteiger partial charge in [-0.1, -0.05) is 12.8 Å². The number of hydrogen-bond acceptors (Lipinski definition) is 6. The van der Waals surface area contributed by atoms with E-state index in [1.54, 1.807) is 24.3 Å². The van der Waals surface area contributed by atoms with Crippen LogP contribution in [-0.4, -0.2) is 41.6 Å². The summed E-state index contributed by atoms with van der Waals surface area (Å²) < 4.78 is 10.1. The quantitative estimate of drug-likeness (QED) is 0.499. The van der Waals surface area contributed by atoms with Crippen LogP contribution in [0.15, 0.2) is 36.0 Å². The monoisotopic (exact) mass is 372 g/mol. The summed E-state index contributed by atoms with van der Waals surface area (Å²) in [7, 11) is 0. The van der Waals surface area contributed by atoms with Crippen molar-refractivity contribution in [2.45, 2.75) is 45.3 Å². The van der Waals surface area contributed by atoms with E-state index in [0.717, 1.165) is 25.9 Å². The van der Waals surface area contributed by atoms with E-state index in [4.69, 9.17) is 9.47 Å². The smallest absolute Gasteiger partial charge is 0.350 e. The van der Waals surface area contributed by atoms with Crippen LogP contribution < -0.4 is 5.32 Å². The minimum Gasteiger partial charge on any atom is -0.419 e. The van der Waals surface area contributed by atoms with Crippen molar-refractivity contribution in [2.24, 2.45) is 0 Å². The second-order valence-electron chi connectivity index (χ2n) is 7.16. The molecule has 2 saturated heterocycles. The van der Waals surface area contributed by atoms with E-state index >= 15 is 0 Å². The van der Waals surface area contributed by atoms with Crippen LogP contribution in [0.5, 0.6) is 0 Å². The molecule has 27 heavy (non-hydrogen) atoms. The summed E-state index contributed by atoms with van der Waals surface area (Å²) in [6.45, 7) is 4.58. The van der Waals surface area contributed by atoms with Gasteiger partial charge in [-0.15, -0.1) is 0 Å². The summed E-state index contributed by atoms with van der Waals surface area (Å²) in [5.41, 5.74) is 1.05. The highest BCUT2D eigenvalue weighted by Gasteiger charge is 2.38. The molecule has 0 radical (unpaired) electrons. The number of nitrogens with one attached hydrogen (secondary N) is 1. The average Bonchev–Trinajstić information content (AvgIpc) is 2.89. The van der Waals surface area contributed by atoms with E-state index < -0.39 is 17.7 Å². The Balaban J connectivity index is 1.64. The first kappa shape index (κ1) is 18.9. The van der Waals surface area contributed by atoms with E-state index in [9.17, 15) is 14.4 Å². The van der Waals surface area contributed by atoms with Crippen molar-refractivity contribution in [3.63, 3.8) is 0 Å². The van der Waals surface area contributed by atoms with Crippen LogP contribution in [0.25, 0.3) is 0 Å². The lowest BCUT2D eigenvalue weighted by Crippen LogP contribution is -2.42. The van der Waals surface area contributed by atoms with E-state index in [-0.39, 0.29) is 11.5 Å². The first-order chi connectivity index (χ1) is 12.9. The lowest BCUT2D eigenvalue weighted by Gasteiger charge is -2.29. The Morgan fingerprint density at radius 3 is 2.11 bits per heavy atom. The Labute approximate surface area is 158 Å². The van der Waals surface area contributed by atoms with Crippen LogP contribution >= 0.6 is 0 Å². The number of benzene rings is 1. The number of nitrogens with zero attached hydrogens (tertiary/aromatic N) is 1. The molecule has 1 amide bonds. The third-order valence-electron chi connectivity index (χ3n) is 4.53. The lowest BCUT2D eigenvalue weighted by molar-refractivity contribution is -0.222. The maximum atomic E-state index is 12.6. The topological polar surface area (TPSA) is 84.9 Å². The number of hydrogen-bond donors (Lipinski definition) is 1. The second kappa shape index (κ2) is 7.82. The van der Waals surface area contributed by atoms with Crippen molar-refractivity contribution in [3.05, 3.63) is 41.6 Å². The molecule has 1 aromatic carbocycles. The Morgan fingerprint density at radius 1 is 1.00 bits per heavy atom. The Kier molecular flexibility index (Phi) is 5.48. The third-order valence-corrected chi connectivity index (χ3v) is 4.53. The predicted octanol–water partition coefficient (Wildman–Crippen LogP) is 2.83. The van der Waals surface area contributed by atoms with Crippen molar-refractivity contribution in [1.29, 1.82) is 0 Å². The zero-order chi connectivity index (χ0) is 19.4. The molecule has 2 heterocycles. The van der Waals surface area contributed by atoms with Crippen LogP contribution in [0.2, 0.25) is 0 Å². The molecule has 1 aromatic rings. The molecule has 7 heteroatoms. The molecule has 2 aliphatic rings. The van der Waals surface area contributed by atoms with E-state index in [0.29, 0.717) is 11.3 Å². The maximum absolute atomic E-state index is 12.6. The minimum atomic E-state index is -1.26. The molecule has 0 saturated carbocycles. The van der Waals surface area contributed by atoms with Gasteiger partial charge in [0.05, 0.1) is 0 Å². The number of rotatable bonds is 3. The highest BCUT2D eigenvalue weighted by Crippen LogP contribution is 2.23. The highest BCUT2D eigenvalue weighted by molar-refractivity contribution is 6.15. The fourth-order valence-electron chi connectivity index (χ4n) is 3.10. The van der Waals surface area contributed by atoms with Crippen LogP contribution in [0.3, 0.4) is 0 Å². The molecular formula is C20H24N2O5. The molecule has 0 aromatic heterocycles.